The van der Waals surface area contributed by atoms with Gasteiger partial charge in [-0.15, -0.1) is 0 Å². The molecule has 21 heavy (non-hydrogen) atoms. The Bertz CT molecular complexity index is 750. The van der Waals surface area contributed by atoms with E-state index in [-0.39, 0.29) is 5.57 Å². The van der Waals surface area contributed by atoms with Gasteiger partial charge in [0.15, 0.2) is 0 Å². The molecule has 2 aromatic carbocycles. The first-order valence-electron chi connectivity index (χ1n) is 5.96. The van der Waals surface area contributed by atoms with Gasteiger partial charge in [-0.3, -0.25) is 0 Å². The Kier molecular flexibility index (Phi) is 4.28. The zero-order valence-corrected chi connectivity index (χ0v) is 10.8. The number of nitrogens with zero attached hydrogens (tertiary/aromatic N) is 2. The predicted molar refractivity (Wildman–Crippen MR) is 74.7 cm³/mol. The summed E-state index contributed by atoms with van der Waals surface area (Å²) in [7, 11) is 0. The van der Waals surface area contributed by atoms with Crippen LogP contribution in [-0.4, -0.2) is 0 Å². The minimum atomic E-state index is -0.633. The van der Waals surface area contributed by atoms with Gasteiger partial charge in [0, 0.05) is 23.5 Å². The van der Waals surface area contributed by atoms with Gasteiger partial charge in [0.1, 0.15) is 29.3 Å². The van der Waals surface area contributed by atoms with Crippen LogP contribution >= 0.6 is 0 Å². The first kappa shape index (κ1) is 14.2. The van der Waals surface area contributed by atoms with Crippen molar-refractivity contribution in [2.45, 2.75) is 0 Å². The zero-order valence-electron chi connectivity index (χ0n) is 10.8. The summed E-state index contributed by atoms with van der Waals surface area (Å²) in [5.41, 5.74) is 1.49. The number of hydrogen-bond acceptors (Lipinski definition) is 3. The molecule has 102 valence electrons. The molecule has 0 amide bonds. The van der Waals surface area contributed by atoms with Crippen molar-refractivity contribution in [1.29, 1.82) is 10.5 Å². The van der Waals surface area contributed by atoms with E-state index in [4.69, 9.17) is 10.5 Å². The van der Waals surface area contributed by atoms with Crippen LogP contribution in [0.15, 0.2) is 54.2 Å². The molecule has 0 aliphatic carbocycles. The molecule has 0 bridgehead atoms. The van der Waals surface area contributed by atoms with E-state index in [2.05, 4.69) is 5.32 Å². The Hall–Kier alpha value is -3.18. The fourth-order valence-corrected chi connectivity index (χ4v) is 1.71. The van der Waals surface area contributed by atoms with Gasteiger partial charge in [-0.25, -0.2) is 8.78 Å². The molecule has 0 aliphatic heterocycles. The van der Waals surface area contributed by atoms with Crippen molar-refractivity contribution in [3.05, 3.63) is 65.9 Å². The van der Waals surface area contributed by atoms with Gasteiger partial charge >= 0.3 is 0 Å². The number of halogens is 2. The number of benzene rings is 2. The molecule has 0 fully saturated rings. The molecule has 0 unspecified atom stereocenters. The Balaban J connectivity index is 2.22. The Morgan fingerprint density at radius 1 is 1.00 bits per heavy atom. The second-order valence-electron chi connectivity index (χ2n) is 4.13. The first-order valence-corrected chi connectivity index (χ1v) is 5.96. The summed E-state index contributed by atoms with van der Waals surface area (Å²) in [6.45, 7) is 0. The van der Waals surface area contributed by atoms with Crippen molar-refractivity contribution >= 4 is 5.69 Å². The summed E-state index contributed by atoms with van der Waals surface area (Å²) >= 11 is 0. The number of anilines is 1. The third-order valence-corrected chi connectivity index (χ3v) is 2.75. The van der Waals surface area contributed by atoms with Gasteiger partial charge in [-0.1, -0.05) is 12.1 Å². The molecule has 5 heteroatoms. The summed E-state index contributed by atoms with van der Waals surface area (Å²) in [5, 5.41) is 20.0. The van der Waals surface area contributed by atoms with Crippen LogP contribution in [0.2, 0.25) is 0 Å². The summed E-state index contributed by atoms with van der Waals surface area (Å²) in [6.07, 6.45) is 1.29. The lowest BCUT2D eigenvalue weighted by molar-refractivity contribution is 0.585. The van der Waals surface area contributed by atoms with Gasteiger partial charge < -0.3 is 5.32 Å². The van der Waals surface area contributed by atoms with Crippen molar-refractivity contribution in [3.63, 3.8) is 0 Å². The normalized spacial score (nSPS) is 9.33. The van der Waals surface area contributed by atoms with Gasteiger partial charge in [-0.2, -0.15) is 10.5 Å². The van der Waals surface area contributed by atoms with E-state index in [0.29, 0.717) is 16.8 Å². The average molecular weight is 281 g/mol. The van der Waals surface area contributed by atoms with E-state index in [1.807, 2.05) is 0 Å². The monoisotopic (exact) mass is 281 g/mol. The van der Waals surface area contributed by atoms with Gasteiger partial charge in [0.05, 0.1) is 0 Å². The molecule has 0 aromatic heterocycles. The number of rotatable bonds is 3. The lowest BCUT2D eigenvalue weighted by Crippen LogP contribution is -1.90. The summed E-state index contributed by atoms with van der Waals surface area (Å²) in [5.74, 6) is -1.26. The first-order chi connectivity index (χ1) is 10.1. The zero-order chi connectivity index (χ0) is 15.2. The highest BCUT2D eigenvalue weighted by atomic mass is 19.1. The maximum Gasteiger partial charge on any atom is 0.145 e. The van der Waals surface area contributed by atoms with Crippen LogP contribution < -0.4 is 5.32 Å². The Labute approximate surface area is 120 Å². The molecular weight excluding hydrogens is 272 g/mol. The summed E-state index contributed by atoms with van der Waals surface area (Å²) < 4.78 is 26.5. The van der Waals surface area contributed by atoms with Crippen LogP contribution in [0.1, 0.15) is 0 Å². The van der Waals surface area contributed by atoms with Crippen LogP contribution in [0.3, 0.4) is 0 Å². The second-order valence-corrected chi connectivity index (χ2v) is 4.13. The molecule has 0 spiro atoms. The third-order valence-electron chi connectivity index (χ3n) is 2.75. The van der Waals surface area contributed by atoms with Crippen molar-refractivity contribution in [2.24, 2.45) is 0 Å². The quantitative estimate of drug-likeness (QED) is 0.866. The molecule has 0 radical (unpaired) electrons. The van der Waals surface area contributed by atoms with E-state index < -0.39 is 11.6 Å². The van der Waals surface area contributed by atoms with Crippen molar-refractivity contribution in [2.75, 3.05) is 5.32 Å². The van der Waals surface area contributed by atoms with Crippen LogP contribution in [0, 0.1) is 34.3 Å². The van der Waals surface area contributed by atoms with Crippen LogP contribution in [0.5, 0.6) is 0 Å². The van der Waals surface area contributed by atoms with Gasteiger partial charge in [0.25, 0.3) is 0 Å². The van der Waals surface area contributed by atoms with Crippen molar-refractivity contribution < 1.29 is 8.78 Å². The van der Waals surface area contributed by atoms with Crippen LogP contribution in [0.4, 0.5) is 14.5 Å². The third kappa shape index (κ3) is 3.43. The fourth-order valence-electron chi connectivity index (χ4n) is 1.71. The van der Waals surface area contributed by atoms with E-state index in [1.165, 1.54) is 18.3 Å². The lowest BCUT2D eigenvalue weighted by atomic mass is 10.0. The van der Waals surface area contributed by atoms with E-state index in [0.717, 1.165) is 6.07 Å². The molecule has 0 saturated carbocycles. The highest BCUT2D eigenvalue weighted by Crippen LogP contribution is 2.24. The van der Waals surface area contributed by atoms with E-state index in [9.17, 15) is 8.78 Å². The highest BCUT2D eigenvalue weighted by molar-refractivity contribution is 5.67. The van der Waals surface area contributed by atoms with Gasteiger partial charge in [0.2, 0.25) is 0 Å². The van der Waals surface area contributed by atoms with Crippen LogP contribution in [0.25, 0.3) is 11.1 Å². The van der Waals surface area contributed by atoms with E-state index >= 15 is 0 Å². The number of allylic oxidation sites excluding steroid dienone is 1. The molecule has 3 nitrogen and oxygen atoms in total. The topological polar surface area (TPSA) is 59.6 Å². The van der Waals surface area contributed by atoms with Crippen molar-refractivity contribution in [3.8, 4) is 23.3 Å². The minimum Gasteiger partial charge on any atom is -0.360 e. The lowest BCUT2D eigenvalue weighted by Gasteiger charge is -2.05. The molecule has 0 atom stereocenters. The maximum atomic E-state index is 13.6. The molecule has 0 heterocycles. The average Bonchev–Trinajstić information content (AvgIpc) is 2.49. The molecule has 1 N–H and O–H groups in total. The number of nitriles is 2. The summed E-state index contributed by atoms with van der Waals surface area (Å²) in [6, 6.07) is 13.5. The molecule has 0 aliphatic rings. The second kappa shape index (κ2) is 6.31. The standard InChI is InChI=1S/C16H9F2N3/c17-13-3-6-15(16(18)7-13)12-1-4-14(5-2-12)21-10-11(8-19)9-20/h1-7,10,21H. The summed E-state index contributed by atoms with van der Waals surface area (Å²) in [4.78, 5) is 0. The predicted octanol–water partition coefficient (Wildman–Crippen LogP) is 3.97. The minimum absolute atomic E-state index is 0.0522. The van der Waals surface area contributed by atoms with Crippen molar-refractivity contribution in [1.82, 2.24) is 0 Å². The number of hydrogen-bond donors (Lipinski definition) is 1. The fraction of sp³-hybridized carbons (Fsp3) is 0. The SMILES string of the molecule is N#CC(C#N)=CNc1ccc(-c2ccc(F)cc2F)cc1. The highest BCUT2D eigenvalue weighted by Gasteiger charge is 2.06. The molecule has 0 saturated heterocycles. The Morgan fingerprint density at radius 3 is 2.24 bits per heavy atom. The largest absolute Gasteiger partial charge is 0.360 e. The molecular formula is C16H9F2N3. The van der Waals surface area contributed by atoms with Gasteiger partial charge in [-0.05, 0) is 29.8 Å². The molecule has 2 aromatic rings. The Morgan fingerprint density at radius 2 is 1.67 bits per heavy atom. The van der Waals surface area contributed by atoms with Crippen LogP contribution in [-0.2, 0) is 0 Å². The molecule has 2 rings (SSSR count). The number of nitrogens with one attached hydrogen (secondary N) is 1. The maximum absolute atomic E-state index is 13.6. The smallest absolute Gasteiger partial charge is 0.145 e. The van der Waals surface area contributed by atoms with E-state index in [1.54, 1.807) is 36.4 Å².